The zero-order chi connectivity index (χ0) is 14.5. The van der Waals surface area contributed by atoms with Gasteiger partial charge in [0, 0.05) is 18.0 Å². The van der Waals surface area contributed by atoms with Crippen LogP contribution in [0.1, 0.15) is 70.3 Å². The lowest BCUT2D eigenvalue weighted by Crippen LogP contribution is -2.44. The van der Waals surface area contributed by atoms with Crippen molar-refractivity contribution in [2.24, 2.45) is 5.92 Å². The van der Waals surface area contributed by atoms with Gasteiger partial charge in [0.05, 0.1) is 0 Å². The maximum atomic E-state index is 3.86. The van der Waals surface area contributed by atoms with Crippen LogP contribution in [0.15, 0.2) is 30.3 Å². The molecule has 1 aromatic carbocycles. The quantitative estimate of drug-likeness (QED) is 0.721. The van der Waals surface area contributed by atoms with Gasteiger partial charge >= 0.3 is 0 Å². The molecule has 1 N–H and O–H groups in total. The SMILES string of the molecule is CCC(CNC1CC1)(c1ccccc1)C1CCCCCC1. The number of benzene rings is 1. The molecule has 116 valence electrons. The van der Waals surface area contributed by atoms with Gasteiger partial charge < -0.3 is 5.32 Å². The zero-order valence-electron chi connectivity index (χ0n) is 13.6. The second kappa shape index (κ2) is 6.96. The Balaban J connectivity index is 1.86. The summed E-state index contributed by atoms with van der Waals surface area (Å²) < 4.78 is 0. The van der Waals surface area contributed by atoms with E-state index >= 15 is 0 Å². The highest BCUT2D eigenvalue weighted by Gasteiger charge is 2.39. The Morgan fingerprint density at radius 1 is 0.952 bits per heavy atom. The molecule has 0 aromatic heterocycles. The van der Waals surface area contributed by atoms with E-state index in [1.807, 2.05) is 0 Å². The van der Waals surface area contributed by atoms with E-state index in [2.05, 4.69) is 42.6 Å². The predicted molar refractivity (Wildman–Crippen MR) is 90.6 cm³/mol. The van der Waals surface area contributed by atoms with Crippen molar-refractivity contribution in [2.45, 2.75) is 76.2 Å². The van der Waals surface area contributed by atoms with Gasteiger partial charge in [-0.15, -0.1) is 0 Å². The molecule has 2 saturated carbocycles. The molecule has 0 amide bonds. The lowest BCUT2D eigenvalue weighted by molar-refractivity contribution is 0.220. The molecular weight excluding hydrogens is 254 g/mol. The fraction of sp³-hybridized carbons (Fsp3) is 0.700. The van der Waals surface area contributed by atoms with Crippen molar-refractivity contribution in [3.63, 3.8) is 0 Å². The van der Waals surface area contributed by atoms with Crippen LogP contribution in [0.4, 0.5) is 0 Å². The summed E-state index contributed by atoms with van der Waals surface area (Å²) in [7, 11) is 0. The highest BCUT2D eigenvalue weighted by molar-refractivity contribution is 5.27. The number of rotatable bonds is 6. The normalized spacial score (nSPS) is 23.5. The molecule has 1 nitrogen and oxygen atoms in total. The van der Waals surface area contributed by atoms with Crippen LogP contribution in [0.2, 0.25) is 0 Å². The Morgan fingerprint density at radius 3 is 2.19 bits per heavy atom. The Kier molecular flexibility index (Phi) is 5.00. The van der Waals surface area contributed by atoms with Gasteiger partial charge in [-0.3, -0.25) is 0 Å². The molecule has 2 fully saturated rings. The van der Waals surface area contributed by atoms with Crippen LogP contribution in [-0.2, 0) is 5.41 Å². The fourth-order valence-corrected chi connectivity index (χ4v) is 4.32. The van der Waals surface area contributed by atoms with Gasteiger partial charge in [0.2, 0.25) is 0 Å². The first kappa shape index (κ1) is 15.1. The minimum absolute atomic E-state index is 0.355. The molecule has 21 heavy (non-hydrogen) atoms. The van der Waals surface area contributed by atoms with Crippen LogP contribution < -0.4 is 5.32 Å². The molecule has 1 unspecified atom stereocenters. The van der Waals surface area contributed by atoms with Crippen LogP contribution in [0.5, 0.6) is 0 Å². The van der Waals surface area contributed by atoms with Crippen molar-refractivity contribution in [2.75, 3.05) is 6.54 Å². The lowest BCUT2D eigenvalue weighted by atomic mass is 9.65. The molecule has 3 rings (SSSR count). The second-order valence-corrected chi connectivity index (χ2v) is 7.22. The molecule has 0 heterocycles. The highest BCUT2D eigenvalue weighted by Crippen LogP contribution is 2.43. The number of hydrogen-bond donors (Lipinski definition) is 1. The van der Waals surface area contributed by atoms with Crippen LogP contribution in [0, 0.1) is 5.92 Å². The van der Waals surface area contributed by atoms with Crippen LogP contribution in [-0.4, -0.2) is 12.6 Å². The minimum Gasteiger partial charge on any atom is -0.313 e. The zero-order valence-corrected chi connectivity index (χ0v) is 13.6. The third-order valence-corrected chi connectivity index (χ3v) is 5.90. The second-order valence-electron chi connectivity index (χ2n) is 7.22. The molecule has 0 bridgehead atoms. The topological polar surface area (TPSA) is 12.0 Å². The smallest absolute Gasteiger partial charge is 0.0103 e. The van der Waals surface area contributed by atoms with E-state index in [1.165, 1.54) is 64.3 Å². The molecular formula is C20H31N. The molecule has 1 atom stereocenters. The van der Waals surface area contributed by atoms with Gasteiger partial charge in [-0.25, -0.2) is 0 Å². The Hall–Kier alpha value is -0.820. The molecule has 0 spiro atoms. The summed E-state index contributed by atoms with van der Waals surface area (Å²) in [5.41, 5.74) is 1.93. The van der Waals surface area contributed by atoms with Gasteiger partial charge in [0.1, 0.15) is 0 Å². The molecule has 1 heteroatoms. The van der Waals surface area contributed by atoms with E-state index in [0.717, 1.165) is 12.0 Å². The van der Waals surface area contributed by atoms with Crippen LogP contribution in [0.25, 0.3) is 0 Å². The number of nitrogens with one attached hydrogen (secondary N) is 1. The molecule has 0 aliphatic heterocycles. The van der Waals surface area contributed by atoms with Crippen molar-refractivity contribution < 1.29 is 0 Å². The van der Waals surface area contributed by atoms with Crippen molar-refractivity contribution in [1.82, 2.24) is 5.32 Å². The average molecular weight is 285 g/mol. The van der Waals surface area contributed by atoms with Crippen molar-refractivity contribution in [3.8, 4) is 0 Å². The van der Waals surface area contributed by atoms with E-state index in [1.54, 1.807) is 5.56 Å². The lowest BCUT2D eigenvalue weighted by Gasteiger charge is -2.41. The van der Waals surface area contributed by atoms with E-state index in [0.29, 0.717) is 5.41 Å². The summed E-state index contributed by atoms with van der Waals surface area (Å²) in [5.74, 6) is 0.860. The minimum atomic E-state index is 0.355. The fourth-order valence-electron chi connectivity index (χ4n) is 4.32. The Bertz CT molecular complexity index is 415. The van der Waals surface area contributed by atoms with E-state index < -0.39 is 0 Å². The summed E-state index contributed by atoms with van der Waals surface area (Å²) >= 11 is 0. The van der Waals surface area contributed by atoms with Gasteiger partial charge in [-0.2, -0.15) is 0 Å². The maximum Gasteiger partial charge on any atom is 0.0103 e. The van der Waals surface area contributed by atoms with Crippen molar-refractivity contribution in [3.05, 3.63) is 35.9 Å². The first-order valence-corrected chi connectivity index (χ1v) is 9.14. The number of hydrogen-bond acceptors (Lipinski definition) is 1. The first-order chi connectivity index (χ1) is 10.3. The molecule has 1 aromatic rings. The first-order valence-electron chi connectivity index (χ1n) is 9.14. The summed E-state index contributed by atoms with van der Waals surface area (Å²) in [5, 5.41) is 3.86. The Labute approximate surface area is 130 Å². The van der Waals surface area contributed by atoms with Gasteiger partial charge in [0.15, 0.2) is 0 Å². The maximum absolute atomic E-state index is 3.86. The van der Waals surface area contributed by atoms with Gasteiger partial charge in [-0.05, 0) is 43.6 Å². The summed E-state index contributed by atoms with van der Waals surface area (Å²) in [6.45, 7) is 3.59. The predicted octanol–water partition coefficient (Wildman–Crippen LogP) is 5.06. The van der Waals surface area contributed by atoms with Crippen molar-refractivity contribution >= 4 is 0 Å². The van der Waals surface area contributed by atoms with Gasteiger partial charge in [-0.1, -0.05) is 62.9 Å². The van der Waals surface area contributed by atoms with Crippen molar-refractivity contribution in [1.29, 1.82) is 0 Å². The van der Waals surface area contributed by atoms with Crippen LogP contribution >= 0.6 is 0 Å². The molecule has 2 aliphatic rings. The standard InChI is InChI=1S/C20H31N/c1-2-20(16-21-19-14-15-19,18-12-8-5-9-13-18)17-10-6-3-4-7-11-17/h5,8-9,12-13,17,19,21H,2-4,6-7,10-11,14-16H2,1H3. The van der Waals surface area contributed by atoms with Crippen LogP contribution in [0.3, 0.4) is 0 Å². The average Bonchev–Trinajstić information content (AvgIpc) is 3.37. The largest absolute Gasteiger partial charge is 0.313 e. The van der Waals surface area contributed by atoms with E-state index in [-0.39, 0.29) is 0 Å². The van der Waals surface area contributed by atoms with E-state index in [4.69, 9.17) is 0 Å². The molecule has 0 saturated heterocycles. The summed E-state index contributed by atoms with van der Waals surface area (Å²) in [6.07, 6.45) is 12.7. The van der Waals surface area contributed by atoms with E-state index in [9.17, 15) is 0 Å². The van der Waals surface area contributed by atoms with Gasteiger partial charge in [0.25, 0.3) is 0 Å². The molecule has 0 radical (unpaired) electrons. The summed E-state index contributed by atoms with van der Waals surface area (Å²) in [4.78, 5) is 0. The highest BCUT2D eigenvalue weighted by atomic mass is 15.0. The Morgan fingerprint density at radius 2 is 1.62 bits per heavy atom. The molecule has 2 aliphatic carbocycles. The third kappa shape index (κ3) is 3.51. The monoisotopic (exact) mass is 285 g/mol. The third-order valence-electron chi connectivity index (χ3n) is 5.90. The summed E-state index contributed by atoms with van der Waals surface area (Å²) in [6, 6.07) is 12.2.